The molecule has 0 aliphatic heterocycles. The number of aliphatic hydroxyl groups is 5. The van der Waals surface area contributed by atoms with Gasteiger partial charge in [0.1, 0.15) is 43.2 Å². The molecule has 14 heteroatoms. The quantitative estimate of drug-likeness (QED) is 0.0199. The average Bonchev–Trinajstić information content (AvgIpc) is 3.18. The van der Waals surface area contributed by atoms with Crippen LogP contribution in [0, 0.1) is 0 Å². The van der Waals surface area contributed by atoms with Gasteiger partial charge in [0.15, 0.2) is 6.10 Å². The van der Waals surface area contributed by atoms with Crippen molar-refractivity contribution in [2.24, 2.45) is 0 Å². The van der Waals surface area contributed by atoms with Crippen LogP contribution in [-0.2, 0) is 32.7 Å². The van der Waals surface area contributed by atoms with Gasteiger partial charge < -0.3 is 39.9 Å². The summed E-state index contributed by atoms with van der Waals surface area (Å²) in [4.78, 5) is 35.6. The number of aliphatic hydroxyl groups excluding tert-OH is 5. The predicted molar refractivity (Wildman–Crippen MR) is 217 cm³/mol. The summed E-state index contributed by atoms with van der Waals surface area (Å²) < 4.78 is 33.4. The van der Waals surface area contributed by atoms with Gasteiger partial charge in [0.25, 0.3) is 0 Å². The molecule has 0 aromatic heterocycles. The van der Waals surface area contributed by atoms with Crippen molar-refractivity contribution in [3.05, 3.63) is 0 Å². The maximum absolute atomic E-state index is 12.8. The van der Waals surface area contributed by atoms with Gasteiger partial charge in [-0.25, -0.2) is 4.57 Å². The van der Waals surface area contributed by atoms with Crippen molar-refractivity contribution in [2.45, 2.75) is 243 Å². The van der Waals surface area contributed by atoms with Gasteiger partial charge in [-0.1, -0.05) is 174 Å². The predicted octanol–water partition coefficient (Wildman–Crippen LogP) is 8.11. The van der Waals surface area contributed by atoms with Crippen molar-refractivity contribution in [1.82, 2.24) is 0 Å². The molecule has 1 aliphatic rings. The van der Waals surface area contributed by atoms with Gasteiger partial charge in [-0.15, -0.1) is 0 Å². The Bertz CT molecular complexity index is 1000. The van der Waals surface area contributed by atoms with Crippen LogP contribution in [0.15, 0.2) is 0 Å². The zero-order valence-corrected chi connectivity index (χ0v) is 35.8. The van der Waals surface area contributed by atoms with E-state index >= 15 is 0 Å². The highest BCUT2D eigenvalue weighted by atomic mass is 31.2. The van der Waals surface area contributed by atoms with Crippen LogP contribution in [0.3, 0.4) is 0 Å². The summed E-state index contributed by atoms with van der Waals surface area (Å²) >= 11 is 0. The monoisotopic (exact) mass is 825 g/mol. The van der Waals surface area contributed by atoms with Crippen molar-refractivity contribution in [1.29, 1.82) is 0 Å². The highest BCUT2D eigenvalue weighted by Gasteiger charge is 2.51. The van der Waals surface area contributed by atoms with Crippen molar-refractivity contribution in [3.8, 4) is 0 Å². The van der Waals surface area contributed by atoms with Gasteiger partial charge in [-0.2, -0.15) is 0 Å². The van der Waals surface area contributed by atoms with Crippen LogP contribution >= 0.6 is 7.82 Å². The summed E-state index contributed by atoms with van der Waals surface area (Å²) in [5.74, 6) is -1.09. The number of hydrogen-bond donors (Lipinski definition) is 6. The Kier molecular flexibility index (Phi) is 31.8. The van der Waals surface area contributed by atoms with Gasteiger partial charge in [0.05, 0.1) is 6.61 Å². The fourth-order valence-corrected chi connectivity index (χ4v) is 8.03. The molecule has 0 heterocycles. The molecule has 56 heavy (non-hydrogen) atoms. The standard InChI is InChI=1S/C42H81O13P/c1-3-5-7-9-11-13-15-16-17-18-19-20-21-23-25-27-29-31-36(44)54-34(32-52-35(43)30-28-26-24-22-14-12-10-8-6-4-2)33-53-56(50,51)55-42-40(48)38(46)37(45)39(47)41(42)49/h34,37-42,45-49H,3-33H2,1-2H3,(H,50,51). The van der Waals surface area contributed by atoms with E-state index in [4.69, 9.17) is 18.5 Å². The first kappa shape index (κ1) is 52.9. The maximum Gasteiger partial charge on any atom is 0.472 e. The lowest BCUT2D eigenvalue weighted by Crippen LogP contribution is -2.64. The Morgan fingerprint density at radius 2 is 0.804 bits per heavy atom. The first-order valence-corrected chi connectivity index (χ1v) is 23.8. The molecular formula is C42H81O13P. The number of ether oxygens (including phenoxy) is 2. The summed E-state index contributed by atoms with van der Waals surface area (Å²) in [5, 5.41) is 50.0. The molecule has 0 radical (unpaired) electrons. The number of carbonyl (C=O) groups excluding carboxylic acids is 2. The summed E-state index contributed by atoms with van der Waals surface area (Å²) in [6.07, 6.45) is 18.8. The van der Waals surface area contributed by atoms with Crippen molar-refractivity contribution in [2.75, 3.05) is 13.2 Å². The smallest absolute Gasteiger partial charge is 0.462 e. The Hall–Kier alpha value is -1.15. The molecule has 0 bridgehead atoms. The Labute approximate surface area is 338 Å². The normalized spacial score (nSPS) is 22.8. The van der Waals surface area contributed by atoms with E-state index in [-0.39, 0.29) is 12.8 Å². The largest absolute Gasteiger partial charge is 0.472 e. The van der Waals surface area contributed by atoms with Crippen LogP contribution in [0.25, 0.3) is 0 Å². The summed E-state index contributed by atoms with van der Waals surface area (Å²) in [6, 6.07) is 0. The van der Waals surface area contributed by atoms with E-state index in [1.54, 1.807) is 0 Å². The minimum Gasteiger partial charge on any atom is -0.462 e. The first-order chi connectivity index (χ1) is 26.9. The second kappa shape index (κ2) is 33.7. The Morgan fingerprint density at radius 3 is 1.18 bits per heavy atom. The van der Waals surface area contributed by atoms with E-state index in [0.29, 0.717) is 12.8 Å². The molecule has 1 saturated carbocycles. The molecule has 0 spiro atoms. The SMILES string of the molecule is CCCCCCCCCCCCCCCCCCCC(=O)OC(COC(=O)CCCCCCCCCCCC)COP(=O)(O)OC1C(O)C(O)C(O)C(O)C1O. The molecule has 1 rings (SSSR count). The number of hydrogen-bond acceptors (Lipinski definition) is 12. The summed E-state index contributed by atoms with van der Waals surface area (Å²) in [6.45, 7) is 3.29. The molecule has 1 fully saturated rings. The number of rotatable bonds is 37. The van der Waals surface area contributed by atoms with Gasteiger partial charge in [-0.05, 0) is 12.8 Å². The Balaban J connectivity index is 2.44. The Morgan fingerprint density at radius 1 is 0.482 bits per heavy atom. The lowest BCUT2D eigenvalue weighted by Gasteiger charge is -2.41. The lowest BCUT2D eigenvalue weighted by atomic mass is 9.85. The molecule has 0 aromatic rings. The molecule has 332 valence electrons. The van der Waals surface area contributed by atoms with Gasteiger partial charge >= 0.3 is 19.8 Å². The lowest BCUT2D eigenvalue weighted by molar-refractivity contribution is -0.220. The van der Waals surface area contributed by atoms with Crippen molar-refractivity contribution >= 4 is 19.8 Å². The second-order valence-corrected chi connectivity index (χ2v) is 17.3. The van der Waals surface area contributed by atoms with E-state index in [9.17, 15) is 44.6 Å². The van der Waals surface area contributed by atoms with E-state index < -0.39 is 75.7 Å². The minimum atomic E-state index is -5.10. The highest BCUT2D eigenvalue weighted by Crippen LogP contribution is 2.47. The molecule has 1 aliphatic carbocycles. The molecule has 6 N–H and O–H groups in total. The topological polar surface area (TPSA) is 210 Å². The molecule has 0 aromatic carbocycles. The third-order valence-corrected chi connectivity index (χ3v) is 11.7. The van der Waals surface area contributed by atoms with Gasteiger partial charge in [-0.3, -0.25) is 18.6 Å². The van der Waals surface area contributed by atoms with Crippen molar-refractivity contribution in [3.63, 3.8) is 0 Å². The molecule has 0 saturated heterocycles. The fraction of sp³-hybridized carbons (Fsp3) is 0.952. The molecule has 13 nitrogen and oxygen atoms in total. The zero-order valence-electron chi connectivity index (χ0n) is 34.9. The van der Waals surface area contributed by atoms with Crippen LogP contribution in [0.4, 0.5) is 0 Å². The van der Waals surface area contributed by atoms with E-state index in [1.807, 2.05) is 0 Å². The fourth-order valence-electron chi connectivity index (χ4n) is 7.05. The second-order valence-electron chi connectivity index (χ2n) is 15.9. The number of esters is 2. The van der Waals surface area contributed by atoms with Gasteiger partial charge in [0, 0.05) is 12.8 Å². The average molecular weight is 825 g/mol. The third-order valence-electron chi connectivity index (χ3n) is 10.7. The van der Waals surface area contributed by atoms with E-state index in [2.05, 4.69) is 13.8 Å². The first-order valence-electron chi connectivity index (χ1n) is 22.3. The summed E-state index contributed by atoms with van der Waals surface area (Å²) in [5.41, 5.74) is 0. The van der Waals surface area contributed by atoms with Crippen LogP contribution in [-0.4, -0.2) is 98.3 Å². The maximum atomic E-state index is 12.8. The highest BCUT2D eigenvalue weighted by molar-refractivity contribution is 7.47. The van der Waals surface area contributed by atoms with Gasteiger partial charge in [0.2, 0.25) is 0 Å². The minimum absolute atomic E-state index is 0.105. The van der Waals surface area contributed by atoms with E-state index in [0.717, 1.165) is 38.5 Å². The number of phosphoric acid groups is 1. The van der Waals surface area contributed by atoms with Crippen LogP contribution in [0.1, 0.15) is 200 Å². The molecular weight excluding hydrogens is 743 g/mol. The zero-order chi connectivity index (χ0) is 41.4. The van der Waals surface area contributed by atoms with Crippen LogP contribution < -0.4 is 0 Å². The summed E-state index contributed by atoms with van der Waals surface area (Å²) in [7, 11) is -5.10. The van der Waals surface area contributed by atoms with Crippen LogP contribution in [0.5, 0.6) is 0 Å². The number of unbranched alkanes of at least 4 members (excludes halogenated alkanes) is 25. The molecule has 6 atom stereocenters. The van der Waals surface area contributed by atoms with Crippen molar-refractivity contribution < 1.29 is 63.1 Å². The van der Waals surface area contributed by atoms with E-state index in [1.165, 1.54) is 122 Å². The number of phosphoric ester groups is 1. The van der Waals surface area contributed by atoms with Crippen LogP contribution in [0.2, 0.25) is 0 Å². The third kappa shape index (κ3) is 26.1. The molecule has 6 unspecified atom stereocenters. The molecule has 0 amide bonds. The number of carbonyl (C=O) groups is 2.